The lowest BCUT2D eigenvalue weighted by molar-refractivity contribution is 0.0949. The molecule has 0 spiro atoms. The summed E-state index contributed by atoms with van der Waals surface area (Å²) in [4.78, 5) is 12.7. The molecular weight excluding hydrogens is 342 g/mol. The van der Waals surface area contributed by atoms with Crippen molar-refractivity contribution in [1.82, 2.24) is 15.1 Å². The van der Waals surface area contributed by atoms with Crippen molar-refractivity contribution in [3.8, 4) is 11.5 Å². The molecule has 0 fully saturated rings. The molecule has 0 bridgehead atoms. The van der Waals surface area contributed by atoms with Crippen molar-refractivity contribution in [2.75, 3.05) is 6.79 Å². The summed E-state index contributed by atoms with van der Waals surface area (Å²) in [5, 5.41) is 7.52. The van der Waals surface area contributed by atoms with Crippen molar-refractivity contribution in [2.45, 2.75) is 26.9 Å². The van der Waals surface area contributed by atoms with Gasteiger partial charge in [-0.2, -0.15) is 5.10 Å². The molecule has 27 heavy (non-hydrogen) atoms. The van der Waals surface area contributed by atoms with Gasteiger partial charge in [-0.3, -0.25) is 9.48 Å². The molecule has 0 saturated heterocycles. The molecule has 3 aromatic rings. The van der Waals surface area contributed by atoms with Crippen LogP contribution in [0.15, 0.2) is 48.5 Å². The molecule has 1 aliphatic rings. The van der Waals surface area contributed by atoms with Crippen molar-refractivity contribution < 1.29 is 14.3 Å². The first kappa shape index (κ1) is 17.1. The van der Waals surface area contributed by atoms with Gasteiger partial charge in [-0.25, -0.2) is 0 Å². The predicted octanol–water partition coefficient (Wildman–Crippen LogP) is 3.21. The number of hydrogen-bond acceptors (Lipinski definition) is 4. The van der Waals surface area contributed by atoms with Gasteiger partial charge in [0, 0.05) is 12.2 Å². The van der Waals surface area contributed by atoms with Crippen LogP contribution in [0.2, 0.25) is 0 Å². The molecule has 1 aromatic heterocycles. The number of benzene rings is 2. The molecule has 4 rings (SSSR count). The molecule has 6 heteroatoms. The summed E-state index contributed by atoms with van der Waals surface area (Å²) in [6.45, 7) is 5.09. The minimum Gasteiger partial charge on any atom is -0.454 e. The summed E-state index contributed by atoms with van der Waals surface area (Å²) in [5.41, 5.74) is 4.33. The van der Waals surface area contributed by atoms with Crippen molar-refractivity contribution in [3.05, 3.63) is 76.6 Å². The topological polar surface area (TPSA) is 65.4 Å². The molecule has 1 amide bonds. The van der Waals surface area contributed by atoms with E-state index >= 15 is 0 Å². The summed E-state index contributed by atoms with van der Waals surface area (Å²) in [7, 11) is 0. The number of ether oxygens (including phenoxy) is 2. The lowest BCUT2D eigenvalue weighted by Gasteiger charge is -2.08. The fourth-order valence-corrected chi connectivity index (χ4v) is 3.26. The van der Waals surface area contributed by atoms with Gasteiger partial charge in [0.1, 0.15) is 0 Å². The summed E-state index contributed by atoms with van der Waals surface area (Å²) >= 11 is 0. The molecule has 1 aliphatic heterocycles. The smallest absolute Gasteiger partial charge is 0.255 e. The van der Waals surface area contributed by atoms with E-state index < -0.39 is 0 Å². The molecule has 2 aromatic carbocycles. The fraction of sp³-hybridized carbons (Fsp3) is 0.238. The second-order valence-electron chi connectivity index (χ2n) is 6.56. The average Bonchev–Trinajstić information content (AvgIpc) is 3.24. The summed E-state index contributed by atoms with van der Waals surface area (Å²) in [6, 6.07) is 15.8. The lowest BCUT2D eigenvalue weighted by Crippen LogP contribution is -2.24. The quantitative estimate of drug-likeness (QED) is 0.756. The van der Waals surface area contributed by atoms with Crippen LogP contribution in [0, 0.1) is 13.8 Å². The van der Waals surface area contributed by atoms with Crippen LogP contribution in [0.1, 0.15) is 32.9 Å². The minimum atomic E-state index is -0.123. The minimum absolute atomic E-state index is 0.123. The number of aromatic nitrogens is 2. The number of carbonyl (C=O) groups excluding carboxylic acids is 1. The maximum atomic E-state index is 12.7. The number of hydrogen-bond donors (Lipinski definition) is 1. The van der Waals surface area contributed by atoms with Crippen LogP contribution < -0.4 is 14.8 Å². The number of nitrogens with one attached hydrogen (secondary N) is 1. The SMILES string of the molecule is Cc1nn(Cc2ccccc2)c(C)c1C(=O)NCc1ccc2c(c1)OCO2. The second kappa shape index (κ2) is 7.15. The van der Waals surface area contributed by atoms with Crippen LogP contribution in [-0.2, 0) is 13.1 Å². The molecule has 2 heterocycles. The molecule has 0 radical (unpaired) electrons. The molecule has 138 valence electrons. The zero-order valence-electron chi connectivity index (χ0n) is 15.4. The van der Waals surface area contributed by atoms with E-state index in [0.29, 0.717) is 24.4 Å². The predicted molar refractivity (Wildman–Crippen MR) is 101 cm³/mol. The summed E-state index contributed by atoms with van der Waals surface area (Å²) in [6.07, 6.45) is 0. The van der Waals surface area contributed by atoms with Gasteiger partial charge in [-0.1, -0.05) is 36.4 Å². The number of rotatable bonds is 5. The Hall–Kier alpha value is -3.28. The first-order chi connectivity index (χ1) is 13.1. The fourth-order valence-electron chi connectivity index (χ4n) is 3.26. The van der Waals surface area contributed by atoms with Crippen LogP contribution in [-0.4, -0.2) is 22.5 Å². The highest BCUT2D eigenvalue weighted by atomic mass is 16.7. The van der Waals surface area contributed by atoms with Gasteiger partial charge in [0.2, 0.25) is 6.79 Å². The Morgan fingerprint density at radius 2 is 1.85 bits per heavy atom. The largest absolute Gasteiger partial charge is 0.454 e. The standard InChI is InChI=1S/C21H21N3O3/c1-14-20(15(2)24(23-14)12-16-6-4-3-5-7-16)21(25)22-11-17-8-9-18-19(10-17)27-13-26-18/h3-10H,11-13H2,1-2H3,(H,22,25). The molecule has 1 N–H and O–H groups in total. The van der Waals surface area contributed by atoms with Crippen molar-refractivity contribution in [2.24, 2.45) is 0 Å². The van der Waals surface area contributed by atoms with Crippen LogP contribution in [0.25, 0.3) is 0 Å². The monoisotopic (exact) mass is 363 g/mol. The van der Waals surface area contributed by atoms with E-state index in [-0.39, 0.29) is 12.7 Å². The Balaban J connectivity index is 1.47. The Morgan fingerprint density at radius 3 is 2.67 bits per heavy atom. The van der Waals surface area contributed by atoms with Crippen molar-refractivity contribution in [3.63, 3.8) is 0 Å². The van der Waals surface area contributed by atoms with E-state index in [0.717, 1.165) is 28.3 Å². The Bertz CT molecular complexity index is 980. The van der Waals surface area contributed by atoms with Gasteiger partial charge in [0.15, 0.2) is 11.5 Å². The molecule has 0 unspecified atom stereocenters. The van der Waals surface area contributed by atoms with Crippen LogP contribution in [0.3, 0.4) is 0 Å². The Labute approximate surface area is 157 Å². The van der Waals surface area contributed by atoms with E-state index in [2.05, 4.69) is 22.5 Å². The Morgan fingerprint density at radius 1 is 1.07 bits per heavy atom. The molecule has 0 aliphatic carbocycles. The van der Waals surface area contributed by atoms with E-state index in [9.17, 15) is 4.79 Å². The number of amides is 1. The normalized spacial score (nSPS) is 12.2. The molecule has 0 atom stereocenters. The molecular formula is C21H21N3O3. The van der Waals surface area contributed by atoms with Gasteiger partial charge in [-0.15, -0.1) is 0 Å². The van der Waals surface area contributed by atoms with Crippen LogP contribution >= 0.6 is 0 Å². The maximum absolute atomic E-state index is 12.7. The summed E-state index contributed by atoms with van der Waals surface area (Å²) in [5.74, 6) is 1.32. The third-order valence-corrected chi connectivity index (χ3v) is 4.67. The molecule has 0 saturated carbocycles. The lowest BCUT2D eigenvalue weighted by atomic mass is 10.1. The van der Waals surface area contributed by atoms with Gasteiger partial charge in [0.05, 0.1) is 17.8 Å². The zero-order valence-corrected chi connectivity index (χ0v) is 15.4. The molecule has 6 nitrogen and oxygen atoms in total. The average molecular weight is 363 g/mol. The number of nitrogens with zero attached hydrogens (tertiary/aromatic N) is 2. The van der Waals surface area contributed by atoms with E-state index in [1.807, 2.05) is 54.9 Å². The zero-order chi connectivity index (χ0) is 18.8. The van der Waals surface area contributed by atoms with E-state index in [1.165, 1.54) is 0 Å². The van der Waals surface area contributed by atoms with Gasteiger partial charge < -0.3 is 14.8 Å². The first-order valence-electron chi connectivity index (χ1n) is 8.86. The van der Waals surface area contributed by atoms with Crippen LogP contribution in [0.5, 0.6) is 11.5 Å². The van der Waals surface area contributed by atoms with E-state index in [1.54, 1.807) is 0 Å². The highest BCUT2D eigenvalue weighted by molar-refractivity contribution is 5.96. The van der Waals surface area contributed by atoms with E-state index in [4.69, 9.17) is 9.47 Å². The first-order valence-corrected chi connectivity index (χ1v) is 8.86. The van der Waals surface area contributed by atoms with Gasteiger partial charge >= 0.3 is 0 Å². The second-order valence-corrected chi connectivity index (χ2v) is 6.56. The van der Waals surface area contributed by atoms with Crippen molar-refractivity contribution in [1.29, 1.82) is 0 Å². The van der Waals surface area contributed by atoms with Crippen LogP contribution in [0.4, 0.5) is 0 Å². The number of fused-ring (bicyclic) bond motifs is 1. The third-order valence-electron chi connectivity index (χ3n) is 4.67. The Kier molecular flexibility index (Phi) is 4.54. The highest BCUT2D eigenvalue weighted by Gasteiger charge is 2.19. The summed E-state index contributed by atoms with van der Waals surface area (Å²) < 4.78 is 12.6. The third kappa shape index (κ3) is 3.51. The number of aryl methyl sites for hydroxylation is 1. The van der Waals surface area contributed by atoms with Crippen molar-refractivity contribution >= 4 is 5.91 Å². The number of carbonyl (C=O) groups is 1. The maximum Gasteiger partial charge on any atom is 0.255 e. The van der Waals surface area contributed by atoms with Gasteiger partial charge in [-0.05, 0) is 37.1 Å². The van der Waals surface area contributed by atoms with Gasteiger partial charge in [0.25, 0.3) is 5.91 Å². The highest BCUT2D eigenvalue weighted by Crippen LogP contribution is 2.32.